The highest BCUT2D eigenvalue weighted by Crippen LogP contribution is 2.37. The van der Waals surface area contributed by atoms with E-state index in [9.17, 15) is 0 Å². The first-order valence-electron chi connectivity index (χ1n) is 7.38. The van der Waals surface area contributed by atoms with Gasteiger partial charge in [0.1, 0.15) is 10.6 Å². The second-order valence-electron chi connectivity index (χ2n) is 5.59. The van der Waals surface area contributed by atoms with E-state index in [1.807, 2.05) is 7.05 Å². The van der Waals surface area contributed by atoms with Crippen molar-refractivity contribution in [3.8, 4) is 0 Å². The van der Waals surface area contributed by atoms with Gasteiger partial charge in [0.15, 0.2) is 0 Å². The van der Waals surface area contributed by atoms with Gasteiger partial charge in [-0.25, -0.2) is 4.98 Å². The zero-order valence-corrected chi connectivity index (χ0v) is 13.4. The predicted octanol–water partition coefficient (Wildman–Crippen LogP) is 3.81. The number of nitrogens with zero attached hydrogens (tertiary/aromatic N) is 3. The van der Waals surface area contributed by atoms with E-state index in [2.05, 4.69) is 42.0 Å². The summed E-state index contributed by atoms with van der Waals surface area (Å²) in [5.41, 5.74) is 0. The normalized spacial score (nSPS) is 22.7. The van der Waals surface area contributed by atoms with Crippen molar-refractivity contribution in [1.82, 2.24) is 9.97 Å². The third-order valence-electron chi connectivity index (χ3n) is 4.22. The number of aromatic nitrogens is 2. The predicted molar refractivity (Wildman–Crippen MR) is 87.0 cm³/mol. The van der Waals surface area contributed by atoms with Gasteiger partial charge in [-0.3, -0.25) is 0 Å². The third-order valence-corrected chi connectivity index (χ3v) is 5.17. The fourth-order valence-corrected chi connectivity index (χ4v) is 4.06. The van der Waals surface area contributed by atoms with E-state index in [-0.39, 0.29) is 0 Å². The molecular weight excluding hydrogens is 268 g/mol. The van der Waals surface area contributed by atoms with Crippen molar-refractivity contribution < 1.29 is 0 Å². The number of nitrogens with one attached hydrogen (secondary N) is 1. The first-order valence-corrected chi connectivity index (χ1v) is 8.20. The quantitative estimate of drug-likeness (QED) is 0.933. The standard InChI is InChI=1S/C15H22N4S/c1-5-11-7-6-9(2)19(11)13-12-8-10(3)20-14(12)18-15(16-4)17-13/h8-9,11H,5-7H2,1-4H3,(H,16,17,18). The first-order chi connectivity index (χ1) is 9.63. The molecule has 5 heteroatoms. The lowest BCUT2D eigenvalue weighted by Crippen LogP contribution is -2.35. The van der Waals surface area contributed by atoms with Crippen LogP contribution in [-0.2, 0) is 0 Å². The Kier molecular flexibility index (Phi) is 3.54. The number of fused-ring (bicyclic) bond motifs is 1. The lowest BCUT2D eigenvalue weighted by atomic mass is 10.1. The van der Waals surface area contributed by atoms with E-state index in [1.165, 1.54) is 29.5 Å². The van der Waals surface area contributed by atoms with Crippen LogP contribution < -0.4 is 10.2 Å². The van der Waals surface area contributed by atoms with E-state index in [4.69, 9.17) is 4.98 Å². The molecule has 0 radical (unpaired) electrons. The third kappa shape index (κ3) is 2.14. The summed E-state index contributed by atoms with van der Waals surface area (Å²) < 4.78 is 0. The van der Waals surface area contributed by atoms with E-state index >= 15 is 0 Å². The van der Waals surface area contributed by atoms with E-state index in [0.717, 1.165) is 16.6 Å². The van der Waals surface area contributed by atoms with E-state index in [1.54, 1.807) is 11.3 Å². The van der Waals surface area contributed by atoms with Crippen LogP contribution in [-0.4, -0.2) is 29.1 Å². The maximum absolute atomic E-state index is 4.77. The van der Waals surface area contributed by atoms with Crippen LogP contribution in [0.4, 0.5) is 11.8 Å². The highest BCUT2D eigenvalue weighted by Gasteiger charge is 2.32. The molecule has 0 bridgehead atoms. The minimum Gasteiger partial charge on any atom is -0.357 e. The van der Waals surface area contributed by atoms with Gasteiger partial charge in [0.2, 0.25) is 5.95 Å². The summed E-state index contributed by atoms with van der Waals surface area (Å²) in [4.78, 5) is 14.3. The number of hydrogen-bond acceptors (Lipinski definition) is 5. The highest BCUT2D eigenvalue weighted by atomic mass is 32.1. The monoisotopic (exact) mass is 290 g/mol. The molecule has 2 atom stereocenters. The van der Waals surface area contributed by atoms with Crippen LogP contribution >= 0.6 is 11.3 Å². The summed E-state index contributed by atoms with van der Waals surface area (Å²) in [5.74, 6) is 1.84. The van der Waals surface area contributed by atoms with Crippen molar-refractivity contribution in [3.63, 3.8) is 0 Å². The summed E-state index contributed by atoms with van der Waals surface area (Å²) in [6.07, 6.45) is 3.69. The molecule has 2 aromatic heterocycles. The summed E-state index contributed by atoms with van der Waals surface area (Å²) in [6.45, 7) is 6.72. The topological polar surface area (TPSA) is 41.1 Å². The zero-order chi connectivity index (χ0) is 14.3. The van der Waals surface area contributed by atoms with Gasteiger partial charge in [0.05, 0.1) is 5.39 Å². The first kappa shape index (κ1) is 13.6. The fourth-order valence-electron chi connectivity index (χ4n) is 3.19. The Labute approximate surface area is 124 Å². The van der Waals surface area contributed by atoms with Crippen LogP contribution in [0.5, 0.6) is 0 Å². The number of rotatable bonds is 3. The van der Waals surface area contributed by atoms with Crippen molar-refractivity contribution >= 4 is 33.3 Å². The number of hydrogen-bond donors (Lipinski definition) is 1. The maximum atomic E-state index is 4.77. The Balaban J connectivity index is 2.18. The van der Waals surface area contributed by atoms with Gasteiger partial charge in [0.25, 0.3) is 0 Å². The lowest BCUT2D eigenvalue weighted by molar-refractivity contribution is 0.623. The largest absolute Gasteiger partial charge is 0.357 e. The second kappa shape index (κ2) is 5.20. The Morgan fingerprint density at radius 2 is 2.20 bits per heavy atom. The van der Waals surface area contributed by atoms with Crippen molar-refractivity contribution in [1.29, 1.82) is 0 Å². The molecule has 20 heavy (non-hydrogen) atoms. The summed E-state index contributed by atoms with van der Waals surface area (Å²) in [6, 6.07) is 3.39. The molecule has 0 aliphatic carbocycles. The summed E-state index contributed by atoms with van der Waals surface area (Å²) in [7, 11) is 1.89. The molecule has 108 valence electrons. The van der Waals surface area contributed by atoms with Crippen LogP contribution in [0.3, 0.4) is 0 Å². The van der Waals surface area contributed by atoms with Gasteiger partial charge in [-0.15, -0.1) is 11.3 Å². The molecule has 2 aromatic rings. The number of thiophene rings is 1. The molecule has 1 saturated heterocycles. The van der Waals surface area contributed by atoms with Crippen molar-refractivity contribution in [3.05, 3.63) is 10.9 Å². The molecule has 1 aliphatic rings. The second-order valence-corrected chi connectivity index (χ2v) is 6.83. The molecule has 0 spiro atoms. The molecule has 1 aliphatic heterocycles. The van der Waals surface area contributed by atoms with Crippen molar-refractivity contribution in [2.45, 2.75) is 52.1 Å². The van der Waals surface area contributed by atoms with Gasteiger partial charge < -0.3 is 10.2 Å². The van der Waals surface area contributed by atoms with Gasteiger partial charge in [-0.05, 0) is 39.2 Å². The molecule has 0 aromatic carbocycles. The molecule has 0 amide bonds. The summed E-state index contributed by atoms with van der Waals surface area (Å²) >= 11 is 1.75. The van der Waals surface area contributed by atoms with Crippen molar-refractivity contribution in [2.24, 2.45) is 0 Å². The van der Waals surface area contributed by atoms with E-state index in [0.29, 0.717) is 12.1 Å². The molecule has 1 fully saturated rings. The lowest BCUT2D eigenvalue weighted by Gasteiger charge is -2.29. The zero-order valence-electron chi connectivity index (χ0n) is 12.6. The molecule has 3 heterocycles. The molecule has 2 unspecified atom stereocenters. The molecule has 1 N–H and O–H groups in total. The van der Waals surface area contributed by atoms with Crippen LogP contribution in [0.25, 0.3) is 10.2 Å². The minimum atomic E-state index is 0.558. The highest BCUT2D eigenvalue weighted by molar-refractivity contribution is 7.18. The smallest absolute Gasteiger partial charge is 0.225 e. The number of aryl methyl sites for hydroxylation is 1. The van der Waals surface area contributed by atoms with Crippen molar-refractivity contribution in [2.75, 3.05) is 17.3 Å². The molecular formula is C15H22N4S. The summed E-state index contributed by atoms with van der Waals surface area (Å²) in [5, 5.41) is 4.30. The van der Waals surface area contributed by atoms with Gasteiger partial charge in [0, 0.05) is 24.0 Å². The Morgan fingerprint density at radius 1 is 1.40 bits per heavy atom. The Morgan fingerprint density at radius 3 is 2.90 bits per heavy atom. The molecule has 4 nitrogen and oxygen atoms in total. The van der Waals surface area contributed by atoms with Crippen LogP contribution in [0.2, 0.25) is 0 Å². The molecule has 3 rings (SSSR count). The van der Waals surface area contributed by atoms with Crippen LogP contribution in [0, 0.1) is 6.92 Å². The van der Waals surface area contributed by atoms with Crippen LogP contribution in [0.1, 0.15) is 38.0 Å². The minimum absolute atomic E-state index is 0.558. The molecule has 0 saturated carbocycles. The van der Waals surface area contributed by atoms with Gasteiger partial charge in [-0.1, -0.05) is 6.92 Å². The maximum Gasteiger partial charge on any atom is 0.225 e. The average Bonchev–Trinajstić information content (AvgIpc) is 2.99. The van der Waals surface area contributed by atoms with E-state index < -0.39 is 0 Å². The van der Waals surface area contributed by atoms with Gasteiger partial charge in [-0.2, -0.15) is 4.98 Å². The number of anilines is 2. The van der Waals surface area contributed by atoms with Crippen LogP contribution in [0.15, 0.2) is 6.07 Å². The SMILES string of the molecule is CCC1CCC(C)N1c1nc(NC)nc2sc(C)cc12. The Bertz CT molecular complexity index is 622. The average molecular weight is 290 g/mol. The Hall–Kier alpha value is -1.36. The fraction of sp³-hybridized carbons (Fsp3) is 0.600. The van der Waals surface area contributed by atoms with Gasteiger partial charge >= 0.3 is 0 Å².